The number of nitrogens with one attached hydrogen (secondary N) is 2. The Labute approximate surface area is 142 Å². The van der Waals surface area contributed by atoms with Gasteiger partial charge >= 0.3 is 0 Å². The largest absolute Gasteiger partial charge is 0.362 e. The van der Waals surface area contributed by atoms with E-state index < -0.39 is 9.96 Å². The number of hydrogen-bond donors (Lipinski definition) is 2. The Morgan fingerprint density at radius 2 is 1.86 bits per heavy atom. The van der Waals surface area contributed by atoms with Gasteiger partial charge in [0.2, 0.25) is 3.79 Å². The van der Waals surface area contributed by atoms with Gasteiger partial charge in [-0.2, -0.15) is 0 Å². The summed E-state index contributed by atoms with van der Waals surface area (Å²) in [4.78, 5) is 12.6. The zero-order valence-corrected chi connectivity index (χ0v) is 14.2. The van der Waals surface area contributed by atoms with Crippen molar-refractivity contribution in [3.05, 3.63) is 52.2 Å². The van der Waals surface area contributed by atoms with Crippen molar-refractivity contribution in [1.29, 1.82) is 0 Å². The summed E-state index contributed by atoms with van der Waals surface area (Å²) in [6, 6.07) is 11.1. The van der Waals surface area contributed by atoms with Crippen LogP contribution in [0.3, 0.4) is 0 Å². The summed E-state index contributed by atoms with van der Waals surface area (Å²) >= 11 is 19.2. The molecule has 1 atom stereocenters. The van der Waals surface area contributed by atoms with E-state index in [1.54, 1.807) is 12.1 Å². The second kappa shape index (κ2) is 6.88. The minimum Gasteiger partial charge on any atom is -0.362 e. The first-order valence-corrected chi connectivity index (χ1v) is 8.12. The van der Waals surface area contributed by atoms with Crippen LogP contribution in [0.1, 0.15) is 15.2 Å². The highest BCUT2D eigenvalue weighted by atomic mass is 35.6. The molecule has 3 nitrogen and oxygen atoms in total. The third-order valence-corrected chi connectivity index (χ3v) is 4.23. The summed E-state index contributed by atoms with van der Waals surface area (Å²) in [5.41, 5.74) is 1.87. The van der Waals surface area contributed by atoms with Crippen molar-refractivity contribution in [3.8, 4) is 0 Å². The predicted molar refractivity (Wildman–Crippen MR) is 90.7 cm³/mol. The van der Waals surface area contributed by atoms with E-state index in [-0.39, 0.29) is 5.91 Å². The highest BCUT2D eigenvalue weighted by molar-refractivity contribution is 7.12. The smallest absolute Gasteiger partial charge is 0.263 e. The van der Waals surface area contributed by atoms with Crippen LogP contribution in [0.4, 0.5) is 5.69 Å². The van der Waals surface area contributed by atoms with Crippen LogP contribution in [0.5, 0.6) is 0 Å². The third kappa shape index (κ3) is 4.78. The first-order chi connectivity index (χ1) is 9.86. The van der Waals surface area contributed by atoms with Crippen LogP contribution < -0.4 is 10.6 Å². The number of alkyl halides is 3. The lowest BCUT2D eigenvalue weighted by Gasteiger charge is -2.27. The molecular weight excluding hydrogens is 351 g/mol. The van der Waals surface area contributed by atoms with Crippen molar-refractivity contribution in [2.75, 3.05) is 5.32 Å². The van der Waals surface area contributed by atoms with Crippen molar-refractivity contribution in [2.45, 2.75) is 16.9 Å². The lowest BCUT2D eigenvalue weighted by atomic mass is 10.2. The number of anilines is 1. The molecule has 0 radical (unpaired) electrons. The molecule has 0 aliphatic rings. The number of benzene rings is 1. The fourth-order valence-electron chi connectivity index (χ4n) is 1.63. The molecule has 0 saturated carbocycles. The van der Waals surface area contributed by atoms with Crippen molar-refractivity contribution < 1.29 is 4.79 Å². The van der Waals surface area contributed by atoms with Crippen molar-refractivity contribution in [2.24, 2.45) is 0 Å². The molecule has 7 heteroatoms. The number of rotatable bonds is 4. The number of halogens is 3. The van der Waals surface area contributed by atoms with E-state index in [1.807, 2.05) is 36.6 Å². The van der Waals surface area contributed by atoms with Crippen LogP contribution in [-0.2, 0) is 0 Å². The highest BCUT2D eigenvalue weighted by Gasteiger charge is 2.34. The molecule has 1 amide bonds. The molecule has 0 bridgehead atoms. The molecule has 2 N–H and O–H groups in total. The molecule has 2 rings (SSSR count). The summed E-state index contributed by atoms with van der Waals surface area (Å²) in [6.07, 6.45) is -0.847. The monoisotopic (exact) mass is 362 g/mol. The van der Waals surface area contributed by atoms with Crippen LogP contribution >= 0.6 is 46.1 Å². The Balaban J connectivity index is 2.12. The van der Waals surface area contributed by atoms with E-state index in [4.69, 9.17) is 34.8 Å². The third-order valence-electron chi connectivity index (χ3n) is 2.71. The average molecular weight is 364 g/mol. The van der Waals surface area contributed by atoms with E-state index >= 15 is 0 Å². The van der Waals surface area contributed by atoms with Gasteiger partial charge in [-0.3, -0.25) is 4.79 Å². The van der Waals surface area contributed by atoms with Crippen molar-refractivity contribution in [3.63, 3.8) is 0 Å². The number of hydrogen-bond acceptors (Lipinski definition) is 3. The topological polar surface area (TPSA) is 41.1 Å². The van der Waals surface area contributed by atoms with Gasteiger partial charge in [-0.05, 0) is 30.5 Å². The van der Waals surface area contributed by atoms with Crippen molar-refractivity contribution >= 4 is 57.7 Å². The molecule has 2 aromatic rings. The van der Waals surface area contributed by atoms with Gasteiger partial charge in [0.25, 0.3) is 5.91 Å². The Bertz CT molecular complexity index is 594. The summed E-state index contributed by atoms with van der Waals surface area (Å²) in [5, 5.41) is 7.52. The van der Waals surface area contributed by atoms with Crippen LogP contribution in [-0.4, -0.2) is 15.9 Å². The number of thiophene rings is 1. The first-order valence-electron chi connectivity index (χ1n) is 6.10. The van der Waals surface area contributed by atoms with Crippen LogP contribution in [0, 0.1) is 6.92 Å². The minimum absolute atomic E-state index is 0.291. The van der Waals surface area contributed by atoms with E-state index in [2.05, 4.69) is 10.6 Å². The molecule has 0 unspecified atom stereocenters. The lowest BCUT2D eigenvalue weighted by molar-refractivity contribution is 0.0946. The van der Waals surface area contributed by atoms with Gasteiger partial charge in [0.1, 0.15) is 6.17 Å². The normalized spacial score (nSPS) is 12.8. The van der Waals surface area contributed by atoms with Gasteiger partial charge in [-0.25, -0.2) is 0 Å². The molecular formula is C14H13Cl3N2OS. The van der Waals surface area contributed by atoms with Gasteiger partial charge in [0.05, 0.1) is 4.88 Å². The molecule has 0 fully saturated rings. The summed E-state index contributed by atoms with van der Waals surface area (Å²) in [6.45, 7) is 1.98. The van der Waals surface area contributed by atoms with Crippen LogP contribution in [0.25, 0.3) is 0 Å². The van der Waals surface area contributed by atoms with Gasteiger partial charge in [-0.1, -0.05) is 58.6 Å². The van der Waals surface area contributed by atoms with Gasteiger partial charge < -0.3 is 10.6 Å². The summed E-state index contributed by atoms with van der Waals surface area (Å²) in [7, 11) is 0. The van der Waals surface area contributed by atoms with E-state index in [9.17, 15) is 4.79 Å². The number of carbonyl (C=O) groups is 1. The zero-order valence-electron chi connectivity index (χ0n) is 11.1. The van der Waals surface area contributed by atoms with Gasteiger partial charge in [0, 0.05) is 5.69 Å². The Kier molecular flexibility index (Phi) is 5.38. The number of aryl methyl sites for hydroxylation is 1. The van der Waals surface area contributed by atoms with Crippen LogP contribution in [0.15, 0.2) is 41.8 Å². The van der Waals surface area contributed by atoms with E-state index in [0.717, 1.165) is 11.3 Å². The second-order valence-corrected chi connectivity index (χ2v) is 7.75. The summed E-state index contributed by atoms with van der Waals surface area (Å²) in [5.74, 6) is -0.291. The molecule has 0 spiro atoms. The Hall–Kier alpha value is -0.940. The first kappa shape index (κ1) is 16.4. The zero-order chi connectivity index (χ0) is 15.5. The Morgan fingerprint density at radius 1 is 1.19 bits per heavy atom. The van der Waals surface area contributed by atoms with Crippen LogP contribution in [0.2, 0.25) is 0 Å². The van der Waals surface area contributed by atoms with Gasteiger partial charge in [0.15, 0.2) is 0 Å². The average Bonchev–Trinajstić information content (AvgIpc) is 2.93. The Morgan fingerprint density at radius 3 is 2.38 bits per heavy atom. The highest BCUT2D eigenvalue weighted by Crippen LogP contribution is 2.31. The fourth-order valence-corrected chi connectivity index (χ4v) is 2.58. The standard InChI is InChI=1S/C14H13Cl3N2OS/c1-9-4-6-10(7-5-9)18-13(14(15,16)17)19-12(20)11-3-2-8-21-11/h2-8,13,18H,1H3,(H,19,20)/t13-/m1/s1. The molecule has 21 heavy (non-hydrogen) atoms. The van der Waals surface area contributed by atoms with E-state index in [0.29, 0.717) is 4.88 Å². The molecule has 1 aromatic carbocycles. The molecule has 1 heterocycles. The van der Waals surface area contributed by atoms with Gasteiger partial charge in [-0.15, -0.1) is 11.3 Å². The SMILES string of the molecule is Cc1ccc(N[C@H](NC(=O)c2cccs2)C(Cl)(Cl)Cl)cc1. The maximum atomic E-state index is 12.1. The van der Waals surface area contributed by atoms with E-state index in [1.165, 1.54) is 11.3 Å². The summed E-state index contributed by atoms with van der Waals surface area (Å²) < 4.78 is -1.68. The fraction of sp³-hybridized carbons (Fsp3) is 0.214. The molecule has 0 aliphatic carbocycles. The second-order valence-electron chi connectivity index (χ2n) is 4.44. The maximum absolute atomic E-state index is 12.1. The molecule has 0 aliphatic heterocycles. The molecule has 1 aromatic heterocycles. The molecule has 112 valence electrons. The predicted octanol–water partition coefficient (Wildman–Crippen LogP) is 4.59. The van der Waals surface area contributed by atoms with Crippen molar-refractivity contribution in [1.82, 2.24) is 5.32 Å². The quantitative estimate of drug-likeness (QED) is 0.616. The minimum atomic E-state index is -1.68. The lowest BCUT2D eigenvalue weighted by Crippen LogP contribution is -2.48. The maximum Gasteiger partial charge on any atom is 0.263 e. The molecule has 0 saturated heterocycles. The number of carbonyl (C=O) groups excluding carboxylic acids is 1. The number of amides is 1.